The quantitative estimate of drug-likeness (QED) is 0.781. The average Bonchev–Trinajstić information content (AvgIpc) is 2.96. The first-order valence-electron chi connectivity index (χ1n) is 7.97. The van der Waals surface area contributed by atoms with Crippen LogP contribution >= 0.6 is 0 Å². The Hall–Kier alpha value is -3.16. The number of nitrogens with one attached hydrogen (secondary N) is 1. The van der Waals surface area contributed by atoms with Crippen LogP contribution in [0.5, 0.6) is 0 Å². The van der Waals surface area contributed by atoms with Crippen molar-refractivity contribution in [3.05, 3.63) is 60.2 Å². The van der Waals surface area contributed by atoms with Crippen molar-refractivity contribution in [3.8, 4) is 0 Å². The van der Waals surface area contributed by atoms with Crippen molar-refractivity contribution in [2.45, 2.75) is 12.5 Å². The molecule has 4 rings (SSSR count). The Morgan fingerprint density at radius 3 is 2.62 bits per heavy atom. The molecule has 8 heteroatoms. The van der Waals surface area contributed by atoms with Crippen LogP contribution in [0.25, 0.3) is 10.9 Å². The summed E-state index contributed by atoms with van der Waals surface area (Å²) in [7, 11) is 0. The number of amides is 1. The van der Waals surface area contributed by atoms with E-state index in [-0.39, 0.29) is 12.2 Å². The molecule has 1 aliphatic rings. The lowest BCUT2D eigenvalue weighted by Gasteiger charge is -2.19. The van der Waals surface area contributed by atoms with Gasteiger partial charge in [-0.2, -0.15) is 0 Å². The molecule has 3 aromatic rings. The maximum absolute atomic E-state index is 14.0. The van der Waals surface area contributed by atoms with Crippen molar-refractivity contribution in [1.82, 2.24) is 9.97 Å². The number of halogens is 3. The monoisotopic (exact) mass is 358 g/mol. The highest BCUT2D eigenvalue weighted by Crippen LogP contribution is 2.29. The van der Waals surface area contributed by atoms with Gasteiger partial charge in [-0.25, -0.2) is 23.1 Å². The minimum absolute atomic E-state index is 0.158. The van der Waals surface area contributed by atoms with Crippen molar-refractivity contribution >= 4 is 28.3 Å². The maximum Gasteiger partial charge on any atom is 0.249 e. The molecule has 1 fully saturated rings. The fourth-order valence-electron chi connectivity index (χ4n) is 3.09. The van der Waals surface area contributed by atoms with E-state index in [0.717, 1.165) is 17.0 Å². The van der Waals surface area contributed by atoms with E-state index in [4.69, 9.17) is 0 Å². The number of rotatable bonds is 3. The Morgan fingerprint density at radius 1 is 1.08 bits per heavy atom. The molecule has 1 atom stereocenters. The molecule has 0 radical (unpaired) electrons. The number of fused-ring (bicyclic) bond motifs is 1. The van der Waals surface area contributed by atoms with Crippen LogP contribution in [0.1, 0.15) is 6.42 Å². The van der Waals surface area contributed by atoms with Crippen molar-refractivity contribution < 1.29 is 18.0 Å². The normalized spacial score (nSPS) is 17.1. The highest BCUT2D eigenvalue weighted by Gasteiger charge is 2.35. The van der Waals surface area contributed by atoms with Gasteiger partial charge in [0.15, 0.2) is 0 Å². The largest absolute Gasteiger partial charge is 0.358 e. The van der Waals surface area contributed by atoms with Crippen LogP contribution in [0, 0.1) is 17.5 Å². The van der Waals surface area contributed by atoms with Gasteiger partial charge in [-0.1, -0.05) is 6.07 Å². The lowest BCUT2D eigenvalue weighted by atomic mass is 10.2. The number of hydrogen-bond donors (Lipinski definition) is 1. The molecular formula is C18H13F3N4O. The second-order valence-corrected chi connectivity index (χ2v) is 5.93. The fourth-order valence-corrected chi connectivity index (χ4v) is 3.09. The topological polar surface area (TPSA) is 58.1 Å². The molecule has 1 unspecified atom stereocenters. The molecule has 0 aliphatic carbocycles. The zero-order valence-electron chi connectivity index (χ0n) is 13.4. The number of para-hydroxylation sites is 1. The van der Waals surface area contributed by atoms with Crippen LogP contribution in [-0.4, -0.2) is 28.5 Å². The summed E-state index contributed by atoms with van der Waals surface area (Å²) in [5, 5.41) is 3.37. The Bertz CT molecular complexity index is 991. The lowest BCUT2D eigenvalue weighted by Crippen LogP contribution is -2.34. The summed E-state index contributed by atoms with van der Waals surface area (Å²) in [5.74, 6) is -2.23. The van der Waals surface area contributed by atoms with Crippen LogP contribution in [0.3, 0.4) is 0 Å². The van der Waals surface area contributed by atoms with Gasteiger partial charge in [0, 0.05) is 11.9 Å². The van der Waals surface area contributed by atoms with Crippen LogP contribution in [-0.2, 0) is 4.79 Å². The zero-order chi connectivity index (χ0) is 18.3. The predicted molar refractivity (Wildman–Crippen MR) is 90.2 cm³/mol. The first-order valence-corrected chi connectivity index (χ1v) is 7.97. The first kappa shape index (κ1) is 16.3. The summed E-state index contributed by atoms with van der Waals surface area (Å²) in [5.41, 5.74) is 0.159. The van der Waals surface area contributed by atoms with Crippen molar-refractivity contribution in [3.63, 3.8) is 0 Å². The van der Waals surface area contributed by atoms with E-state index < -0.39 is 29.4 Å². The molecule has 1 aliphatic heterocycles. The van der Waals surface area contributed by atoms with Gasteiger partial charge >= 0.3 is 0 Å². The Kier molecular flexibility index (Phi) is 3.95. The van der Waals surface area contributed by atoms with Gasteiger partial charge in [-0.3, -0.25) is 4.79 Å². The second-order valence-electron chi connectivity index (χ2n) is 5.93. The van der Waals surface area contributed by atoms with E-state index in [9.17, 15) is 18.0 Å². The molecule has 0 bridgehead atoms. The van der Waals surface area contributed by atoms with Crippen LogP contribution in [0.4, 0.5) is 24.7 Å². The van der Waals surface area contributed by atoms with E-state index in [1.807, 2.05) is 0 Å². The molecular weight excluding hydrogens is 345 g/mol. The van der Waals surface area contributed by atoms with Crippen molar-refractivity contribution in [2.75, 3.05) is 16.8 Å². The molecule has 1 N–H and O–H groups in total. The molecule has 1 saturated heterocycles. The summed E-state index contributed by atoms with van der Waals surface area (Å²) in [6, 6.07) is 6.78. The van der Waals surface area contributed by atoms with Crippen molar-refractivity contribution in [2.24, 2.45) is 0 Å². The van der Waals surface area contributed by atoms with Gasteiger partial charge in [0.2, 0.25) is 5.91 Å². The molecule has 26 heavy (non-hydrogen) atoms. The lowest BCUT2D eigenvalue weighted by molar-refractivity contribution is -0.117. The second kappa shape index (κ2) is 6.29. The molecule has 132 valence electrons. The van der Waals surface area contributed by atoms with Gasteiger partial charge in [-0.05, 0) is 36.8 Å². The number of carbonyl (C=O) groups is 1. The highest BCUT2D eigenvalue weighted by molar-refractivity contribution is 6.02. The van der Waals surface area contributed by atoms with Crippen LogP contribution in [0.15, 0.2) is 42.7 Å². The van der Waals surface area contributed by atoms with E-state index in [0.29, 0.717) is 23.1 Å². The molecule has 0 saturated carbocycles. The molecule has 5 nitrogen and oxygen atoms in total. The summed E-state index contributed by atoms with van der Waals surface area (Å²) in [6.07, 6.45) is 1.63. The van der Waals surface area contributed by atoms with E-state index in [2.05, 4.69) is 15.3 Å². The molecule has 2 aromatic carbocycles. The number of aromatic nitrogens is 2. The maximum atomic E-state index is 14.0. The van der Waals surface area contributed by atoms with E-state index >= 15 is 0 Å². The highest BCUT2D eigenvalue weighted by atomic mass is 19.1. The third-order valence-corrected chi connectivity index (χ3v) is 4.32. The van der Waals surface area contributed by atoms with E-state index in [1.165, 1.54) is 30.6 Å². The summed E-state index contributed by atoms with van der Waals surface area (Å²) >= 11 is 0. The Balaban J connectivity index is 1.63. The molecule has 1 amide bonds. The number of benzene rings is 2. The van der Waals surface area contributed by atoms with Crippen molar-refractivity contribution in [1.29, 1.82) is 0 Å². The standard InChI is InChI=1S/C18H13F3N4O/c19-10-4-5-14-11(8-10)17(23-9-22-14)24-15-6-7-25(18(15)26)16-12(20)2-1-3-13(16)21/h1-5,8-9,15H,6-7H2,(H,22,23,24). The third-order valence-electron chi connectivity index (χ3n) is 4.32. The summed E-state index contributed by atoms with van der Waals surface area (Å²) < 4.78 is 41.5. The third kappa shape index (κ3) is 2.73. The SMILES string of the molecule is O=C1C(Nc2ncnc3ccc(F)cc23)CCN1c1c(F)cccc1F. The van der Waals surface area contributed by atoms with Gasteiger partial charge in [0.1, 0.15) is 41.3 Å². The summed E-state index contributed by atoms with van der Waals surface area (Å²) in [4.78, 5) is 21.8. The van der Waals surface area contributed by atoms with Crippen LogP contribution < -0.4 is 10.2 Å². The number of carbonyl (C=O) groups excluding carboxylic acids is 1. The van der Waals surface area contributed by atoms with Gasteiger partial charge in [0.25, 0.3) is 0 Å². The summed E-state index contributed by atoms with van der Waals surface area (Å²) in [6.45, 7) is 0.158. The Morgan fingerprint density at radius 2 is 1.85 bits per heavy atom. The zero-order valence-corrected chi connectivity index (χ0v) is 13.4. The molecule has 0 spiro atoms. The minimum atomic E-state index is -0.798. The molecule has 1 aromatic heterocycles. The number of hydrogen-bond acceptors (Lipinski definition) is 4. The average molecular weight is 358 g/mol. The van der Waals surface area contributed by atoms with Gasteiger partial charge < -0.3 is 10.2 Å². The smallest absolute Gasteiger partial charge is 0.249 e. The number of anilines is 2. The van der Waals surface area contributed by atoms with Crippen LogP contribution in [0.2, 0.25) is 0 Å². The van der Waals surface area contributed by atoms with Gasteiger partial charge in [0.05, 0.1) is 5.52 Å². The molecule has 2 heterocycles. The number of nitrogens with zero attached hydrogens (tertiary/aromatic N) is 3. The van der Waals surface area contributed by atoms with Gasteiger partial charge in [-0.15, -0.1) is 0 Å². The Labute approximate surface area is 146 Å². The minimum Gasteiger partial charge on any atom is -0.358 e. The van der Waals surface area contributed by atoms with E-state index in [1.54, 1.807) is 0 Å². The fraction of sp³-hybridized carbons (Fsp3) is 0.167. The predicted octanol–water partition coefficient (Wildman–Crippen LogP) is 3.26. The first-order chi connectivity index (χ1) is 12.5.